The van der Waals surface area contributed by atoms with Gasteiger partial charge in [0.1, 0.15) is 17.6 Å². The third-order valence-corrected chi connectivity index (χ3v) is 6.04. The van der Waals surface area contributed by atoms with Crippen LogP contribution >= 0.6 is 12.2 Å². The summed E-state index contributed by atoms with van der Waals surface area (Å²) in [5.41, 5.74) is 0.589. The van der Waals surface area contributed by atoms with Crippen LogP contribution in [0.5, 0.6) is 0 Å². The lowest BCUT2D eigenvalue weighted by Crippen LogP contribution is -2.55. The number of hydrogen-bond acceptors (Lipinski definition) is 4. The van der Waals surface area contributed by atoms with Gasteiger partial charge in [-0.25, -0.2) is 4.39 Å². The summed E-state index contributed by atoms with van der Waals surface area (Å²) in [5.74, 6) is -1.14. The van der Waals surface area contributed by atoms with Gasteiger partial charge in [-0.05, 0) is 68.2 Å². The third kappa shape index (κ3) is 2.75. The van der Waals surface area contributed by atoms with E-state index in [0.717, 1.165) is 6.42 Å². The molecule has 0 unspecified atom stereocenters. The molecule has 7 nitrogen and oxygen atoms in total. The van der Waals surface area contributed by atoms with Crippen LogP contribution in [0.1, 0.15) is 35.2 Å². The first-order valence-corrected chi connectivity index (χ1v) is 9.79. The molecule has 0 atom stereocenters. The molecule has 0 bridgehead atoms. The van der Waals surface area contributed by atoms with Gasteiger partial charge in [-0.3, -0.25) is 14.5 Å². The van der Waals surface area contributed by atoms with Gasteiger partial charge >= 0.3 is 0 Å². The van der Waals surface area contributed by atoms with Crippen LogP contribution in [-0.2, 0) is 4.79 Å². The van der Waals surface area contributed by atoms with Gasteiger partial charge in [0, 0.05) is 12.7 Å². The summed E-state index contributed by atoms with van der Waals surface area (Å²) < 4.78 is 14.6. The van der Waals surface area contributed by atoms with Crippen molar-refractivity contribution in [3.05, 3.63) is 58.8 Å². The first-order chi connectivity index (χ1) is 14.3. The molecule has 2 fully saturated rings. The number of anilines is 2. The lowest BCUT2D eigenvalue weighted by atomic mass is 9.75. The Balaban J connectivity index is 1.78. The molecule has 0 radical (unpaired) electrons. The Bertz CT molecular complexity index is 1140. The van der Waals surface area contributed by atoms with Crippen LogP contribution in [0.2, 0.25) is 0 Å². The number of aromatic nitrogens is 1. The molecule has 152 valence electrons. The molecule has 30 heavy (non-hydrogen) atoms. The standard InChI is InChI=1S/C21H18FN5O2S/c1-12-9-14(11-25-17(12)23-2)26-19(29)21(7-4-8-21)27(20(26)30)13-5-6-15(16(22)10-13)18(28)24-3/h5-6,9-11H,4,7-8H2,1,3H3,(H,24,28). The second-order valence-corrected chi connectivity index (χ2v) is 7.70. The average Bonchev–Trinajstić information content (AvgIpc) is 2.94. The zero-order chi connectivity index (χ0) is 21.6. The van der Waals surface area contributed by atoms with E-state index >= 15 is 0 Å². The molecule has 2 heterocycles. The zero-order valence-corrected chi connectivity index (χ0v) is 17.2. The van der Waals surface area contributed by atoms with E-state index in [0.29, 0.717) is 29.8 Å². The largest absolute Gasteiger partial charge is 0.360 e. The van der Waals surface area contributed by atoms with Crippen LogP contribution in [0, 0.1) is 19.3 Å². The van der Waals surface area contributed by atoms with Gasteiger partial charge < -0.3 is 15.1 Å². The predicted molar refractivity (Wildman–Crippen MR) is 114 cm³/mol. The fraction of sp³-hybridized carbons (Fsp3) is 0.286. The highest BCUT2D eigenvalue weighted by molar-refractivity contribution is 7.81. The van der Waals surface area contributed by atoms with Crippen molar-refractivity contribution < 1.29 is 14.0 Å². The SMILES string of the molecule is [C-]#[N+]c1ncc(N2C(=O)C3(CCC3)N(c3ccc(C(=O)NC)c(F)c3)C2=S)cc1C. The van der Waals surface area contributed by atoms with Crippen molar-refractivity contribution in [3.63, 3.8) is 0 Å². The molecule has 2 aliphatic rings. The topological polar surface area (TPSA) is 69.9 Å². The summed E-state index contributed by atoms with van der Waals surface area (Å²) in [6, 6.07) is 5.93. The number of rotatable bonds is 3. The van der Waals surface area contributed by atoms with Crippen LogP contribution in [0.15, 0.2) is 30.5 Å². The Hall–Kier alpha value is -3.38. The molecule has 1 spiro atoms. The number of amides is 2. The zero-order valence-electron chi connectivity index (χ0n) is 16.4. The van der Waals surface area contributed by atoms with Gasteiger partial charge in [-0.1, -0.05) is 6.57 Å². The van der Waals surface area contributed by atoms with E-state index in [-0.39, 0.29) is 22.4 Å². The van der Waals surface area contributed by atoms with Gasteiger partial charge in [-0.2, -0.15) is 0 Å². The van der Waals surface area contributed by atoms with Gasteiger partial charge in [0.2, 0.25) is 0 Å². The summed E-state index contributed by atoms with van der Waals surface area (Å²) in [7, 11) is 1.43. The van der Waals surface area contributed by atoms with E-state index in [2.05, 4.69) is 15.1 Å². The fourth-order valence-corrected chi connectivity index (χ4v) is 4.43. The van der Waals surface area contributed by atoms with Crippen molar-refractivity contribution in [2.45, 2.75) is 31.7 Å². The number of thiocarbonyl (C=S) groups is 1. The average molecular weight is 423 g/mol. The molecule has 1 aromatic carbocycles. The second kappa shape index (κ2) is 7.15. The fourth-order valence-electron chi connectivity index (χ4n) is 3.96. The van der Waals surface area contributed by atoms with E-state index in [1.807, 2.05) is 0 Å². The minimum absolute atomic E-state index is 0.0771. The van der Waals surface area contributed by atoms with Crippen molar-refractivity contribution >= 4 is 46.3 Å². The highest BCUT2D eigenvalue weighted by atomic mass is 32.1. The monoisotopic (exact) mass is 423 g/mol. The first-order valence-electron chi connectivity index (χ1n) is 9.38. The normalized spacial score (nSPS) is 17.1. The molecule has 1 saturated heterocycles. The molecule has 1 aliphatic carbocycles. The number of aryl methyl sites for hydroxylation is 1. The highest BCUT2D eigenvalue weighted by Gasteiger charge is 2.59. The summed E-state index contributed by atoms with van der Waals surface area (Å²) in [5, 5.41) is 2.63. The van der Waals surface area contributed by atoms with Gasteiger partial charge in [0.15, 0.2) is 5.11 Å². The van der Waals surface area contributed by atoms with E-state index < -0.39 is 17.3 Å². The van der Waals surface area contributed by atoms with Crippen LogP contribution in [0.25, 0.3) is 4.85 Å². The predicted octanol–water partition coefficient (Wildman–Crippen LogP) is 3.50. The number of nitrogens with zero attached hydrogens (tertiary/aromatic N) is 4. The number of halogens is 1. The van der Waals surface area contributed by atoms with Crippen LogP contribution in [-0.4, -0.2) is 34.5 Å². The molecular formula is C21H18FN5O2S. The quantitative estimate of drug-likeness (QED) is 0.605. The van der Waals surface area contributed by atoms with Gasteiger partial charge in [0.05, 0.1) is 11.3 Å². The summed E-state index contributed by atoms with van der Waals surface area (Å²) >= 11 is 5.65. The molecule has 4 rings (SSSR count). The number of pyridine rings is 1. The molecule has 9 heteroatoms. The lowest BCUT2D eigenvalue weighted by Gasteiger charge is -2.43. The summed E-state index contributed by atoms with van der Waals surface area (Å²) in [4.78, 5) is 35.8. The van der Waals surface area contributed by atoms with E-state index in [9.17, 15) is 14.0 Å². The minimum atomic E-state index is -0.871. The molecule has 2 amide bonds. The molecule has 2 aromatic rings. The molecule has 1 aliphatic heterocycles. The Labute approximate surface area is 178 Å². The Morgan fingerprint density at radius 1 is 1.33 bits per heavy atom. The van der Waals surface area contributed by atoms with E-state index in [4.69, 9.17) is 18.8 Å². The molecule has 1 saturated carbocycles. The Kier molecular flexibility index (Phi) is 4.74. The number of carbonyl (C=O) groups is 2. The van der Waals surface area contributed by atoms with Crippen molar-refractivity contribution in [1.82, 2.24) is 10.3 Å². The van der Waals surface area contributed by atoms with Gasteiger partial charge in [-0.15, -0.1) is 4.98 Å². The third-order valence-electron chi connectivity index (χ3n) is 5.68. The number of hydrogen-bond donors (Lipinski definition) is 1. The molecule has 1 aromatic heterocycles. The van der Waals surface area contributed by atoms with Crippen LogP contribution < -0.4 is 15.1 Å². The van der Waals surface area contributed by atoms with Crippen LogP contribution in [0.3, 0.4) is 0 Å². The van der Waals surface area contributed by atoms with E-state index in [1.54, 1.807) is 24.0 Å². The number of nitrogens with one attached hydrogen (secondary N) is 1. The van der Waals surface area contributed by atoms with Crippen molar-refractivity contribution in [2.24, 2.45) is 0 Å². The second-order valence-electron chi connectivity index (χ2n) is 7.33. The maximum absolute atomic E-state index is 14.6. The van der Waals surface area contributed by atoms with Gasteiger partial charge in [0.25, 0.3) is 17.6 Å². The summed E-state index contributed by atoms with van der Waals surface area (Å²) in [6.45, 7) is 8.90. The van der Waals surface area contributed by atoms with Crippen molar-refractivity contribution in [2.75, 3.05) is 16.8 Å². The molecular weight excluding hydrogens is 405 g/mol. The summed E-state index contributed by atoms with van der Waals surface area (Å²) in [6.07, 6.45) is 3.49. The first kappa shape index (κ1) is 19.9. The Morgan fingerprint density at radius 2 is 2.07 bits per heavy atom. The Morgan fingerprint density at radius 3 is 2.60 bits per heavy atom. The lowest BCUT2D eigenvalue weighted by molar-refractivity contribution is -0.123. The number of benzene rings is 1. The van der Waals surface area contributed by atoms with Crippen molar-refractivity contribution in [3.8, 4) is 0 Å². The molecule has 1 N–H and O–H groups in total. The smallest absolute Gasteiger partial charge is 0.272 e. The van der Waals surface area contributed by atoms with E-state index in [1.165, 1.54) is 30.3 Å². The highest BCUT2D eigenvalue weighted by Crippen LogP contribution is 2.48. The van der Waals surface area contributed by atoms with Crippen molar-refractivity contribution in [1.29, 1.82) is 0 Å². The van der Waals surface area contributed by atoms with Crippen LogP contribution in [0.4, 0.5) is 21.6 Å². The number of carbonyl (C=O) groups excluding carboxylic acids is 2. The maximum atomic E-state index is 14.6. The maximum Gasteiger partial charge on any atom is 0.272 e. The minimum Gasteiger partial charge on any atom is -0.360 e.